The third-order valence-corrected chi connectivity index (χ3v) is 6.06. The van der Waals surface area contributed by atoms with Gasteiger partial charge in [-0.15, -0.1) is 35.3 Å². The van der Waals surface area contributed by atoms with Crippen LogP contribution in [-0.2, 0) is 19.6 Å². The number of aromatic nitrogens is 1. The predicted octanol–water partition coefficient (Wildman–Crippen LogP) is 4.56. The second-order valence-electron chi connectivity index (χ2n) is 7.69. The van der Waals surface area contributed by atoms with Gasteiger partial charge in [-0.2, -0.15) is 0 Å². The molecule has 1 saturated heterocycles. The normalized spacial score (nSPS) is 15.8. The number of aliphatic imine (C=N–C) groups is 1. The van der Waals surface area contributed by atoms with Crippen molar-refractivity contribution < 1.29 is 0 Å². The van der Waals surface area contributed by atoms with Crippen molar-refractivity contribution in [2.24, 2.45) is 10.9 Å². The molecule has 1 aliphatic rings. The first kappa shape index (κ1) is 24.1. The van der Waals surface area contributed by atoms with E-state index in [4.69, 9.17) is 4.99 Å². The highest BCUT2D eigenvalue weighted by molar-refractivity contribution is 14.0. The van der Waals surface area contributed by atoms with Crippen molar-refractivity contribution in [3.63, 3.8) is 0 Å². The third-order valence-electron chi connectivity index (χ3n) is 5.15. The molecule has 1 aromatic carbocycles. The van der Waals surface area contributed by atoms with Gasteiger partial charge in [0.15, 0.2) is 5.96 Å². The van der Waals surface area contributed by atoms with Crippen LogP contribution in [0.5, 0.6) is 0 Å². The maximum Gasteiger partial charge on any atom is 0.191 e. The van der Waals surface area contributed by atoms with Crippen molar-refractivity contribution in [1.82, 2.24) is 20.5 Å². The zero-order chi connectivity index (χ0) is 19.8. The van der Waals surface area contributed by atoms with Crippen LogP contribution in [0.4, 0.5) is 0 Å². The van der Waals surface area contributed by atoms with E-state index in [9.17, 15) is 0 Å². The van der Waals surface area contributed by atoms with Crippen LogP contribution in [-0.4, -0.2) is 35.5 Å². The fourth-order valence-electron chi connectivity index (χ4n) is 3.38. The van der Waals surface area contributed by atoms with E-state index < -0.39 is 0 Å². The van der Waals surface area contributed by atoms with Crippen LogP contribution in [0.15, 0.2) is 35.5 Å². The van der Waals surface area contributed by atoms with Crippen molar-refractivity contribution in [3.05, 3.63) is 51.5 Å². The van der Waals surface area contributed by atoms with Gasteiger partial charge in [0, 0.05) is 24.2 Å². The number of benzene rings is 1. The molecule has 0 unspecified atom stereocenters. The molecule has 0 atom stereocenters. The first-order valence-corrected chi connectivity index (χ1v) is 11.2. The van der Waals surface area contributed by atoms with Crippen LogP contribution in [0.3, 0.4) is 0 Å². The van der Waals surface area contributed by atoms with Gasteiger partial charge in [-0.25, -0.2) is 9.98 Å². The summed E-state index contributed by atoms with van der Waals surface area (Å²) >= 11 is 1.72. The van der Waals surface area contributed by atoms with E-state index in [1.165, 1.54) is 41.9 Å². The summed E-state index contributed by atoms with van der Waals surface area (Å²) in [7, 11) is 0. The number of piperidine rings is 1. The summed E-state index contributed by atoms with van der Waals surface area (Å²) in [5, 5.41) is 7.76. The average Bonchev–Trinajstić information content (AvgIpc) is 3.12. The Kier molecular flexibility index (Phi) is 10.4. The van der Waals surface area contributed by atoms with E-state index in [-0.39, 0.29) is 24.0 Å². The lowest BCUT2D eigenvalue weighted by Gasteiger charge is -2.30. The lowest BCUT2D eigenvalue weighted by atomic mass is 9.99. The topological polar surface area (TPSA) is 52.6 Å². The largest absolute Gasteiger partial charge is 0.357 e. The fraction of sp³-hybridized carbons (Fsp3) is 0.545. The molecule has 0 aliphatic carbocycles. The monoisotopic (exact) mass is 527 g/mol. The molecular formula is C22H34IN5S. The van der Waals surface area contributed by atoms with Gasteiger partial charge in [-0.05, 0) is 56.8 Å². The zero-order valence-corrected chi connectivity index (χ0v) is 20.9. The van der Waals surface area contributed by atoms with Crippen LogP contribution >= 0.6 is 35.3 Å². The van der Waals surface area contributed by atoms with Gasteiger partial charge in [0.25, 0.3) is 0 Å². The molecule has 7 heteroatoms. The van der Waals surface area contributed by atoms with Gasteiger partial charge >= 0.3 is 0 Å². The minimum atomic E-state index is 0. The molecule has 160 valence electrons. The Morgan fingerprint density at radius 2 is 1.86 bits per heavy atom. The molecule has 29 heavy (non-hydrogen) atoms. The molecule has 0 radical (unpaired) electrons. The highest BCUT2D eigenvalue weighted by atomic mass is 127. The number of hydrogen-bond acceptors (Lipinski definition) is 4. The molecule has 3 rings (SSSR count). The van der Waals surface area contributed by atoms with Gasteiger partial charge in [0.1, 0.15) is 5.01 Å². The Labute approximate surface area is 196 Å². The van der Waals surface area contributed by atoms with Crippen molar-refractivity contribution in [2.75, 3.05) is 19.6 Å². The highest BCUT2D eigenvalue weighted by Gasteiger charge is 2.15. The molecule has 2 N–H and O–H groups in total. The number of guanidine groups is 1. The standard InChI is InChI=1S/C22H33N5S.HI/c1-4-23-22(26-15-21-24-13-18(3)28-21)25-14-19-5-7-20(8-6-19)16-27-11-9-17(2)10-12-27;/h5-8,13,17H,4,9-12,14-16H2,1-3H3,(H2,23,25,26);1H. The Hall–Kier alpha value is -1.19. The minimum absolute atomic E-state index is 0. The molecule has 2 aromatic rings. The summed E-state index contributed by atoms with van der Waals surface area (Å²) in [6, 6.07) is 8.92. The first-order chi connectivity index (χ1) is 13.6. The van der Waals surface area contributed by atoms with E-state index >= 15 is 0 Å². The summed E-state index contributed by atoms with van der Waals surface area (Å²) in [6.07, 6.45) is 4.57. The minimum Gasteiger partial charge on any atom is -0.357 e. The van der Waals surface area contributed by atoms with Gasteiger partial charge in [0.05, 0.1) is 13.1 Å². The van der Waals surface area contributed by atoms with E-state index in [0.717, 1.165) is 30.0 Å². The molecular weight excluding hydrogens is 493 g/mol. The van der Waals surface area contributed by atoms with Gasteiger partial charge < -0.3 is 10.6 Å². The number of hydrogen-bond donors (Lipinski definition) is 2. The summed E-state index contributed by atoms with van der Waals surface area (Å²) in [6.45, 7) is 12.3. The number of nitrogens with zero attached hydrogens (tertiary/aromatic N) is 3. The SMILES string of the molecule is CCNC(=NCc1ccc(CN2CCC(C)CC2)cc1)NCc1ncc(C)s1.I. The number of thiazole rings is 1. The summed E-state index contributed by atoms with van der Waals surface area (Å²) in [5.74, 6) is 1.72. The maximum absolute atomic E-state index is 4.72. The molecule has 0 amide bonds. The van der Waals surface area contributed by atoms with E-state index in [1.54, 1.807) is 11.3 Å². The third kappa shape index (κ3) is 8.22. The number of aryl methyl sites for hydroxylation is 1. The molecule has 0 saturated carbocycles. The Morgan fingerprint density at radius 1 is 1.17 bits per heavy atom. The van der Waals surface area contributed by atoms with Crippen LogP contribution in [0.1, 0.15) is 47.7 Å². The van der Waals surface area contributed by atoms with E-state index in [1.807, 2.05) is 6.20 Å². The molecule has 0 spiro atoms. The van der Waals surface area contributed by atoms with Crippen molar-refractivity contribution in [2.45, 2.75) is 53.2 Å². The Bertz CT molecular complexity index is 751. The van der Waals surface area contributed by atoms with Gasteiger partial charge in [-0.1, -0.05) is 31.2 Å². The predicted molar refractivity (Wildman–Crippen MR) is 134 cm³/mol. The second kappa shape index (κ2) is 12.5. The van der Waals surface area contributed by atoms with Crippen LogP contribution < -0.4 is 10.6 Å². The van der Waals surface area contributed by atoms with Crippen LogP contribution in [0.2, 0.25) is 0 Å². The van der Waals surface area contributed by atoms with E-state index in [2.05, 4.69) is 65.6 Å². The lowest BCUT2D eigenvalue weighted by molar-refractivity contribution is 0.185. The summed E-state index contributed by atoms with van der Waals surface area (Å²) < 4.78 is 0. The first-order valence-electron chi connectivity index (χ1n) is 10.4. The number of likely N-dealkylation sites (tertiary alicyclic amines) is 1. The average molecular weight is 528 g/mol. The number of halogens is 1. The van der Waals surface area contributed by atoms with Gasteiger partial charge in [0.2, 0.25) is 0 Å². The molecule has 1 aromatic heterocycles. The van der Waals surface area contributed by atoms with E-state index in [0.29, 0.717) is 13.1 Å². The van der Waals surface area contributed by atoms with Gasteiger partial charge in [-0.3, -0.25) is 4.90 Å². The molecule has 0 bridgehead atoms. The second-order valence-corrected chi connectivity index (χ2v) is 9.01. The molecule has 1 fully saturated rings. The molecule has 2 heterocycles. The van der Waals surface area contributed by atoms with Crippen LogP contribution in [0.25, 0.3) is 0 Å². The summed E-state index contributed by atoms with van der Waals surface area (Å²) in [5.41, 5.74) is 2.63. The highest BCUT2D eigenvalue weighted by Crippen LogP contribution is 2.18. The lowest BCUT2D eigenvalue weighted by Crippen LogP contribution is -2.36. The molecule has 1 aliphatic heterocycles. The molecule has 5 nitrogen and oxygen atoms in total. The Morgan fingerprint density at radius 3 is 2.48 bits per heavy atom. The zero-order valence-electron chi connectivity index (χ0n) is 17.8. The van der Waals surface area contributed by atoms with Crippen LogP contribution in [0, 0.1) is 12.8 Å². The smallest absolute Gasteiger partial charge is 0.191 e. The number of rotatable bonds is 7. The maximum atomic E-state index is 4.72. The summed E-state index contributed by atoms with van der Waals surface area (Å²) in [4.78, 5) is 12.9. The van der Waals surface area contributed by atoms with Crippen molar-refractivity contribution in [3.8, 4) is 0 Å². The van der Waals surface area contributed by atoms with Crippen molar-refractivity contribution >= 4 is 41.3 Å². The van der Waals surface area contributed by atoms with Crippen molar-refractivity contribution in [1.29, 1.82) is 0 Å². The number of nitrogens with one attached hydrogen (secondary N) is 2. The quantitative estimate of drug-likeness (QED) is 0.315. The Balaban J connectivity index is 0.00000300. The fourth-order valence-corrected chi connectivity index (χ4v) is 4.11.